The SMILES string of the molecule is OCc1ccncc1Oc1cccc2ccccc12. The van der Waals surface area contributed by atoms with Crippen LogP contribution in [0.3, 0.4) is 0 Å². The number of aliphatic hydroxyl groups is 1. The lowest BCUT2D eigenvalue weighted by Gasteiger charge is -2.11. The van der Waals surface area contributed by atoms with Gasteiger partial charge in [0.15, 0.2) is 5.75 Å². The second-order valence-electron chi connectivity index (χ2n) is 4.22. The molecule has 0 unspecified atom stereocenters. The monoisotopic (exact) mass is 251 g/mol. The lowest BCUT2D eigenvalue weighted by atomic mass is 10.1. The van der Waals surface area contributed by atoms with Crippen LogP contribution in [-0.2, 0) is 6.61 Å². The first-order chi connectivity index (χ1) is 9.38. The number of ether oxygens (including phenoxy) is 1. The van der Waals surface area contributed by atoms with Gasteiger partial charge in [0, 0.05) is 17.1 Å². The third kappa shape index (κ3) is 2.28. The van der Waals surface area contributed by atoms with Gasteiger partial charge in [0.1, 0.15) is 5.75 Å². The molecule has 3 heteroatoms. The molecular weight excluding hydrogens is 238 g/mol. The molecule has 1 aromatic heterocycles. The molecule has 0 aliphatic heterocycles. The summed E-state index contributed by atoms with van der Waals surface area (Å²) >= 11 is 0. The molecule has 2 aromatic carbocycles. The van der Waals surface area contributed by atoms with Crippen molar-refractivity contribution in [3.8, 4) is 11.5 Å². The third-order valence-electron chi connectivity index (χ3n) is 3.01. The highest BCUT2D eigenvalue weighted by molar-refractivity contribution is 5.88. The molecule has 0 fully saturated rings. The average Bonchev–Trinajstić information content (AvgIpc) is 2.48. The average molecular weight is 251 g/mol. The van der Waals surface area contributed by atoms with E-state index in [-0.39, 0.29) is 6.61 Å². The van der Waals surface area contributed by atoms with Crippen molar-refractivity contribution >= 4 is 10.8 Å². The summed E-state index contributed by atoms with van der Waals surface area (Å²) in [4.78, 5) is 4.03. The normalized spacial score (nSPS) is 10.6. The van der Waals surface area contributed by atoms with Crippen LogP contribution in [-0.4, -0.2) is 10.1 Å². The van der Waals surface area contributed by atoms with Gasteiger partial charge in [0.25, 0.3) is 0 Å². The Kier molecular flexibility index (Phi) is 3.12. The molecule has 0 amide bonds. The van der Waals surface area contributed by atoms with E-state index in [4.69, 9.17) is 4.74 Å². The highest BCUT2D eigenvalue weighted by Gasteiger charge is 2.06. The Morgan fingerprint density at radius 2 is 1.79 bits per heavy atom. The Labute approximate surface area is 111 Å². The van der Waals surface area contributed by atoms with Gasteiger partial charge in [-0.1, -0.05) is 36.4 Å². The van der Waals surface area contributed by atoms with Crippen molar-refractivity contribution in [1.29, 1.82) is 0 Å². The van der Waals surface area contributed by atoms with Gasteiger partial charge >= 0.3 is 0 Å². The van der Waals surface area contributed by atoms with Crippen LogP contribution in [0.4, 0.5) is 0 Å². The number of pyridine rings is 1. The van der Waals surface area contributed by atoms with E-state index in [1.807, 2.05) is 42.5 Å². The van der Waals surface area contributed by atoms with Crippen molar-refractivity contribution < 1.29 is 9.84 Å². The summed E-state index contributed by atoms with van der Waals surface area (Å²) in [6, 6.07) is 15.7. The van der Waals surface area contributed by atoms with Crippen molar-refractivity contribution in [2.45, 2.75) is 6.61 Å². The largest absolute Gasteiger partial charge is 0.455 e. The maximum absolute atomic E-state index is 9.30. The summed E-state index contributed by atoms with van der Waals surface area (Å²) in [6.45, 7) is -0.0668. The van der Waals surface area contributed by atoms with E-state index in [0.717, 1.165) is 22.1 Å². The summed E-state index contributed by atoms with van der Waals surface area (Å²) in [7, 11) is 0. The molecule has 0 bridgehead atoms. The van der Waals surface area contributed by atoms with E-state index in [1.54, 1.807) is 18.5 Å². The molecule has 3 nitrogen and oxygen atoms in total. The first kappa shape index (κ1) is 11.7. The number of rotatable bonds is 3. The van der Waals surface area contributed by atoms with Crippen LogP contribution in [0.15, 0.2) is 60.9 Å². The number of hydrogen-bond donors (Lipinski definition) is 1. The second kappa shape index (κ2) is 5.08. The van der Waals surface area contributed by atoms with Gasteiger partial charge in [-0.3, -0.25) is 4.98 Å². The van der Waals surface area contributed by atoms with Crippen LogP contribution >= 0.6 is 0 Å². The van der Waals surface area contributed by atoms with E-state index in [1.165, 1.54) is 0 Å². The summed E-state index contributed by atoms with van der Waals surface area (Å²) < 4.78 is 5.89. The highest BCUT2D eigenvalue weighted by Crippen LogP contribution is 2.30. The minimum atomic E-state index is -0.0668. The smallest absolute Gasteiger partial charge is 0.151 e. The molecule has 1 N–H and O–H groups in total. The lowest BCUT2D eigenvalue weighted by Crippen LogP contribution is -1.93. The van der Waals surface area contributed by atoms with E-state index in [0.29, 0.717) is 5.75 Å². The number of fused-ring (bicyclic) bond motifs is 1. The van der Waals surface area contributed by atoms with Crippen LogP contribution < -0.4 is 4.74 Å². The van der Waals surface area contributed by atoms with E-state index in [2.05, 4.69) is 4.98 Å². The molecule has 19 heavy (non-hydrogen) atoms. The van der Waals surface area contributed by atoms with Crippen molar-refractivity contribution in [3.05, 3.63) is 66.5 Å². The van der Waals surface area contributed by atoms with Crippen molar-refractivity contribution in [2.75, 3.05) is 0 Å². The van der Waals surface area contributed by atoms with Gasteiger partial charge in [0.05, 0.1) is 12.8 Å². The number of benzene rings is 2. The summed E-state index contributed by atoms with van der Waals surface area (Å²) in [5.41, 5.74) is 0.725. The second-order valence-corrected chi connectivity index (χ2v) is 4.22. The highest BCUT2D eigenvalue weighted by atomic mass is 16.5. The quantitative estimate of drug-likeness (QED) is 0.774. The van der Waals surface area contributed by atoms with Crippen LogP contribution in [0.2, 0.25) is 0 Å². The summed E-state index contributed by atoms with van der Waals surface area (Å²) in [5.74, 6) is 1.35. The van der Waals surface area contributed by atoms with Gasteiger partial charge < -0.3 is 9.84 Å². The molecule has 94 valence electrons. The summed E-state index contributed by atoms with van der Waals surface area (Å²) in [6.07, 6.45) is 3.26. The fourth-order valence-electron chi connectivity index (χ4n) is 2.03. The maximum Gasteiger partial charge on any atom is 0.151 e. The Bertz CT molecular complexity index is 704. The molecule has 0 spiro atoms. The fourth-order valence-corrected chi connectivity index (χ4v) is 2.03. The minimum absolute atomic E-state index is 0.0668. The molecule has 0 radical (unpaired) electrons. The van der Waals surface area contributed by atoms with Gasteiger partial charge in [-0.25, -0.2) is 0 Å². The Morgan fingerprint density at radius 3 is 2.68 bits per heavy atom. The van der Waals surface area contributed by atoms with Crippen LogP contribution in [0, 0.1) is 0 Å². The van der Waals surface area contributed by atoms with Gasteiger partial charge in [0.2, 0.25) is 0 Å². The van der Waals surface area contributed by atoms with Crippen molar-refractivity contribution in [3.63, 3.8) is 0 Å². The maximum atomic E-state index is 9.30. The zero-order chi connectivity index (χ0) is 13.1. The number of aromatic nitrogens is 1. The molecule has 1 heterocycles. The molecule has 0 atom stereocenters. The lowest BCUT2D eigenvalue weighted by molar-refractivity contribution is 0.276. The van der Waals surface area contributed by atoms with Crippen molar-refractivity contribution in [2.24, 2.45) is 0 Å². The van der Waals surface area contributed by atoms with Crippen LogP contribution in [0.25, 0.3) is 10.8 Å². The van der Waals surface area contributed by atoms with Gasteiger partial charge in [-0.15, -0.1) is 0 Å². The third-order valence-corrected chi connectivity index (χ3v) is 3.01. The number of hydrogen-bond acceptors (Lipinski definition) is 3. The van der Waals surface area contributed by atoms with E-state index < -0.39 is 0 Å². The molecule has 3 rings (SSSR count). The van der Waals surface area contributed by atoms with Gasteiger partial charge in [-0.2, -0.15) is 0 Å². The molecule has 0 aliphatic carbocycles. The standard InChI is InChI=1S/C16H13NO2/c18-11-13-8-9-17-10-16(13)19-15-7-3-5-12-4-1-2-6-14(12)15/h1-10,18H,11H2. The predicted octanol–water partition coefficient (Wildman–Crippen LogP) is 3.52. The summed E-state index contributed by atoms with van der Waals surface area (Å²) in [5, 5.41) is 11.5. The Hall–Kier alpha value is -2.39. The Morgan fingerprint density at radius 1 is 0.947 bits per heavy atom. The van der Waals surface area contributed by atoms with E-state index >= 15 is 0 Å². The zero-order valence-corrected chi connectivity index (χ0v) is 10.3. The minimum Gasteiger partial charge on any atom is -0.455 e. The number of nitrogens with zero attached hydrogens (tertiary/aromatic N) is 1. The zero-order valence-electron chi connectivity index (χ0n) is 10.3. The first-order valence-electron chi connectivity index (χ1n) is 6.08. The molecule has 0 saturated carbocycles. The number of aliphatic hydroxyl groups excluding tert-OH is 1. The van der Waals surface area contributed by atoms with Crippen molar-refractivity contribution in [1.82, 2.24) is 4.98 Å². The topological polar surface area (TPSA) is 42.4 Å². The fraction of sp³-hybridized carbons (Fsp3) is 0.0625. The molecule has 3 aromatic rings. The Balaban J connectivity index is 2.06. The molecule has 0 saturated heterocycles. The van der Waals surface area contributed by atoms with Crippen LogP contribution in [0.1, 0.15) is 5.56 Å². The first-order valence-corrected chi connectivity index (χ1v) is 6.08. The molecule has 0 aliphatic rings. The molecular formula is C16H13NO2. The van der Waals surface area contributed by atoms with E-state index in [9.17, 15) is 5.11 Å². The predicted molar refractivity (Wildman–Crippen MR) is 74.2 cm³/mol. The van der Waals surface area contributed by atoms with Crippen LogP contribution in [0.5, 0.6) is 11.5 Å². The van der Waals surface area contributed by atoms with Gasteiger partial charge in [-0.05, 0) is 17.5 Å².